The van der Waals surface area contributed by atoms with Crippen LogP contribution in [0, 0.1) is 6.92 Å². The smallest absolute Gasteiger partial charge is 0.303 e. The van der Waals surface area contributed by atoms with Gasteiger partial charge >= 0.3 is 5.97 Å². The van der Waals surface area contributed by atoms with E-state index in [-0.39, 0.29) is 6.42 Å². The van der Waals surface area contributed by atoms with Crippen molar-refractivity contribution >= 4 is 17.0 Å². The third kappa shape index (κ3) is 2.53. The molecule has 0 aliphatic rings. The molecule has 0 aliphatic carbocycles. The van der Waals surface area contributed by atoms with E-state index in [0.29, 0.717) is 6.42 Å². The van der Waals surface area contributed by atoms with E-state index in [1.165, 1.54) is 11.1 Å². The fourth-order valence-corrected chi connectivity index (χ4v) is 2.30. The lowest BCUT2D eigenvalue weighted by molar-refractivity contribution is -0.137. The molecule has 0 saturated heterocycles. The molecule has 0 aliphatic heterocycles. The van der Waals surface area contributed by atoms with Gasteiger partial charge in [0.1, 0.15) is 5.82 Å². The van der Waals surface area contributed by atoms with E-state index in [2.05, 4.69) is 22.5 Å². The second kappa shape index (κ2) is 5.21. The Labute approximate surface area is 106 Å². The molecule has 0 atom stereocenters. The topological polar surface area (TPSA) is 55.1 Å². The molecule has 0 saturated carbocycles. The number of aromatic nitrogens is 2. The number of carboxylic acid groups (broad SMARTS) is 1. The number of benzene rings is 1. The van der Waals surface area contributed by atoms with Crippen molar-refractivity contribution in [2.75, 3.05) is 0 Å². The summed E-state index contributed by atoms with van der Waals surface area (Å²) >= 11 is 0. The number of rotatable bonds is 5. The summed E-state index contributed by atoms with van der Waals surface area (Å²) in [7, 11) is 2.02. The molecule has 1 N–H and O–H groups in total. The number of fused-ring (bicyclic) bond motifs is 1. The Morgan fingerprint density at radius 3 is 2.83 bits per heavy atom. The van der Waals surface area contributed by atoms with Crippen molar-refractivity contribution < 1.29 is 9.90 Å². The summed E-state index contributed by atoms with van der Waals surface area (Å²) in [6, 6.07) is 6.11. The number of hydrogen-bond acceptors (Lipinski definition) is 2. The van der Waals surface area contributed by atoms with Gasteiger partial charge in [0.05, 0.1) is 11.0 Å². The second-order valence-electron chi connectivity index (χ2n) is 4.63. The van der Waals surface area contributed by atoms with Crippen LogP contribution in [-0.2, 0) is 18.3 Å². The van der Waals surface area contributed by atoms with Gasteiger partial charge in [-0.3, -0.25) is 4.79 Å². The molecule has 1 aromatic carbocycles. The van der Waals surface area contributed by atoms with Crippen molar-refractivity contribution in [2.45, 2.75) is 32.6 Å². The van der Waals surface area contributed by atoms with Crippen molar-refractivity contribution in [1.82, 2.24) is 9.55 Å². The van der Waals surface area contributed by atoms with E-state index in [1.807, 2.05) is 19.2 Å². The highest BCUT2D eigenvalue weighted by atomic mass is 16.4. The van der Waals surface area contributed by atoms with Crippen LogP contribution in [0.5, 0.6) is 0 Å². The average molecular weight is 246 g/mol. The molecule has 18 heavy (non-hydrogen) atoms. The molecule has 0 radical (unpaired) electrons. The van der Waals surface area contributed by atoms with E-state index in [9.17, 15) is 4.79 Å². The highest BCUT2D eigenvalue weighted by Crippen LogP contribution is 2.19. The maximum absolute atomic E-state index is 10.4. The Balaban J connectivity index is 2.12. The van der Waals surface area contributed by atoms with Crippen LogP contribution in [0.2, 0.25) is 0 Å². The molecule has 0 bridgehead atoms. The number of nitrogens with zero attached hydrogens (tertiary/aromatic N) is 2. The minimum Gasteiger partial charge on any atom is -0.481 e. The van der Waals surface area contributed by atoms with Crippen LogP contribution in [0.4, 0.5) is 0 Å². The minimum atomic E-state index is -0.726. The van der Waals surface area contributed by atoms with E-state index in [0.717, 1.165) is 24.2 Å². The number of hydrogen-bond donors (Lipinski definition) is 1. The second-order valence-corrected chi connectivity index (χ2v) is 4.63. The van der Waals surface area contributed by atoms with E-state index >= 15 is 0 Å². The van der Waals surface area contributed by atoms with Crippen molar-refractivity contribution in [1.29, 1.82) is 0 Å². The fraction of sp³-hybridized carbons (Fsp3) is 0.429. The van der Waals surface area contributed by atoms with Crippen LogP contribution >= 0.6 is 0 Å². The summed E-state index contributed by atoms with van der Waals surface area (Å²) in [5.41, 5.74) is 3.41. The molecule has 0 amide bonds. The molecule has 4 heteroatoms. The molecular formula is C14H18N2O2. The summed E-state index contributed by atoms with van der Waals surface area (Å²) < 4.78 is 2.12. The molecular weight excluding hydrogens is 228 g/mol. The van der Waals surface area contributed by atoms with Crippen molar-refractivity contribution in [3.63, 3.8) is 0 Å². The van der Waals surface area contributed by atoms with Crippen molar-refractivity contribution in [2.24, 2.45) is 7.05 Å². The van der Waals surface area contributed by atoms with Crippen LogP contribution in [0.3, 0.4) is 0 Å². The zero-order chi connectivity index (χ0) is 13.1. The molecule has 0 spiro atoms. The van der Waals surface area contributed by atoms with Crippen LogP contribution in [0.1, 0.15) is 30.7 Å². The Morgan fingerprint density at radius 2 is 2.17 bits per heavy atom. The number of carboxylic acids is 1. The van der Waals surface area contributed by atoms with Gasteiger partial charge in [0, 0.05) is 19.9 Å². The number of aryl methyl sites for hydroxylation is 3. The van der Waals surface area contributed by atoms with Gasteiger partial charge in [-0.25, -0.2) is 4.98 Å². The molecule has 96 valence electrons. The number of unbranched alkanes of at least 4 members (excludes halogenated alkanes) is 1. The number of para-hydroxylation sites is 1. The largest absolute Gasteiger partial charge is 0.481 e. The van der Waals surface area contributed by atoms with Crippen LogP contribution in [0.15, 0.2) is 18.2 Å². The first-order chi connectivity index (χ1) is 8.59. The van der Waals surface area contributed by atoms with Crippen LogP contribution in [-0.4, -0.2) is 20.6 Å². The maximum atomic E-state index is 10.4. The summed E-state index contributed by atoms with van der Waals surface area (Å²) in [4.78, 5) is 15.0. The Bertz CT molecular complexity index is 572. The quantitative estimate of drug-likeness (QED) is 0.825. The Hall–Kier alpha value is -1.84. The minimum absolute atomic E-state index is 0.239. The summed E-state index contributed by atoms with van der Waals surface area (Å²) in [5, 5.41) is 8.60. The number of aliphatic carboxylic acids is 1. The molecule has 0 unspecified atom stereocenters. The summed E-state index contributed by atoms with van der Waals surface area (Å²) in [6.45, 7) is 2.08. The SMILES string of the molecule is Cc1cccc2nc(CCCCC(=O)O)n(C)c12. The third-order valence-electron chi connectivity index (χ3n) is 3.23. The third-order valence-corrected chi connectivity index (χ3v) is 3.23. The van der Waals surface area contributed by atoms with Gasteiger partial charge in [0.25, 0.3) is 0 Å². The Kier molecular flexibility index (Phi) is 3.65. The van der Waals surface area contributed by atoms with E-state index < -0.39 is 5.97 Å². The highest BCUT2D eigenvalue weighted by molar-refractivity contribution is 5.79. The van der Waals surface area contributed by atoms with Gasteiger partial charge in [-0.05, 0) is 31.4 Å². The van der Waals surface area contributed by atoms with Gasteiger partial charge in [-0.2, -0.15) is 0 Å². The van der Waals surface area contributed by atoms with Crippen molar-refractivity contribution in [3.05, 3.63) is 29.6 Å². The van der Waals surface area contributed by atoms with Crippen LogP contribution in [0.25, 0.3) is 11.0 Å². The van der Waals surface area contributed by atoms with Crippen molar-refractivity contribution in [3.8, 4) is 0 Å². The first-order valence-electron chi connectivity index (χ1n) is 6.22. The van der Waals surface area contributed by atoms with E-state index in [1.54, 1.807) is 0 Å². The summed E-state index contributed by atoms with van der Waals surface area (Å²) in [5.74, 6) is 0.306. The summed E-state index contributed by atoms with van der Waals surface area (Å²) in [6.07, 6.45) is 2.64. The fourth-order valence-electron chi connectivity index (χ4n) is 2.30. The predicted octanol–water partition coefficient (Wildman–Crippen LogP) is 2.68. The van der Waals surface area contributed by atoms with Gasteiger partial charge in [0.15, 0.2) is 0 Å². The number of carbonyl (C=O) groups is 1. The monoisotopic (exact) mass is 246 g/mol. The molecule has 1 heterocycles. The lowest BCUT2D eigenvalue weighted by atomic mass is 10.2. The molecule has 2 rings (SSSR count). The zero-order valence-corrected chi connectivity index (χ0v) is 10.8. The van der Waals surface area contributed by atoms with Gasteiger partial charge in [-0.1, -0.05) is 12.1 Å². The standard InChI is InChI=1S/C14H18N2O2/c1-10-6-5-7-11-14(10)16(2)12(15-11)8-3-4-9-13(17)18/h5-7H,3-4,8-9H2,1-2H3,(H,17,18). The highest BCUT2D eigenvalue weighted by Gasteiger charge is 2.09. The van der Waals surface area contributed by atoms with Gasteiger partial charge < -0.3 is 9.67 Å². The lowest BCUT2D eigenvalue weighted by Crippen LogP contribution is -2.00. The normalized spacial score (nSPS) is 11.0. The van der Waals surface area contributed by atoms with E-state index in [4.69, 9.17) is 5.11 Å². The molecule has 4 nitrogen and oxygen atoms in total. The number of imidazole rings is 1. The van der Waals surface area contributed by atoms with Crippen LogP contribution < -0.4 is 0 Å². The lowest BCUT2D eigenvalue weighted by Gasteiger charge is -2.03. The first kappa shape index (κ1) is 12.6. The molecule has 0 fully saturated rings. The molecule has 2 aromatic rings. The molecule has 1 aromatic heterocycles. The van der Waals surface area contributed by atoms with Gasteiger partial charge in [0.2, 0.25) is 0 Å². The Morgan fingerprint density at radius 1 is 1.39 bits per heavy atom. The zero-order valence-electron chi connectivity index (χ0n) is 10.8. The predicted molar refractivity (Wildman–Crippen MR) is 70.6 cm³/mol. The maximum Gasteiger partial charge on any atom is 0.303 e. The average Bonchev–Trinajstić information content (AvgIpc) is 2.63. The first-order valence-corrected chi connectivity index (χ1v) is 6.22. The van der Waals surface area contributed by atoms with Gasteiger partial charge in [-0.15, -0.1) is 0 Å².